The fourth-order valence-electron chi connectivity index (χ4n) is 3.15. The first-order valence-electron chi connectivity index (χ1n) is 8.92. The summed E-state index contributed by atoms with van der Waals surface area (Å²) in [6.45, 7) is 10.8. The maximum Gasteiger partial charge on any atom is 0.194 e. The first kappa shape index (κ1) is 17.9. The Morgan fingerprint density at radius 1 is 1.39 bits per heavy atom. The fourth-order valence-corrected chi connectivity index (χ4v) is 3.15. The molecule has 1 saturated heterocycles. The number of nitrogens with zero attached hydrogens (tertiary/aromatic N) is 4. The molecule has 1 aromatic rings. The minimum absolute atomic E-state index is 0.602. The quantitative estimate of drug-likeness (QED) is 0.618. The Hall–Kier alpha value is -1.49. The van der Waals surface area contributed by atoms with Gasteiger partial charge in [0.25, 0.3) is 0 Å². The van der Waals surface area contributed by atoms with Crippen molar-refractivity contribution >= 4 is 5.96 Å². The van der Waals surface area contributed by atoms with E-state index in [-0.39, 0.29) is 0 Å². The van der Waals surface area contributed by atoms with Crippen molar-refractivity contribution in [3.05, 3.63) is 24.0 Å². The maximum absolute atomic E-state index is 4.86. The minimum atomic E-state index is 0.602. The zero-order chi connectivity index (χ0) is 16.7. The van der Waals surface area contributed by atoms with Gasteiger partial charge < -0.3 is 19.7 Å². The van der Waals surface area contributed by atoms with Crippen LogP contribution in [0.15, 0.2) is 23.3 Å². The van der Waals surface area contributed by atoms with E-state index in [1.165, 1.54) is 38.2 Å². The van der Waals surface area contributed by atoms with Crippen molar-refractivity contribution in [3.63, 3.8) is 0 Å². The molecule has 130 valence electrons. The lowest BCUT2D eigenvalue weighted by atomic mass is 10.2. The molecule has 0 bridgehead atoms. The third kappa shape index (κ3) is 5.57. The molecule has 23 heavy (non-hydrogen) atoms. The minimum Gasteiger partial charge on any atom is -0.357 e. The molecule has 1 N–H and O–H groups in total. The van der Waals surface area contributed by atoms with Gasteiger partial charge in [0.1, 0.15) is 0 Å². The first-order chi connectivity index (χ1) is 11.1. The maximum atomic E-state index is 4.86. The predicted octanol–water partition coefficient (Wildman–Crippen LogP) is 2.15. The highest BCUT2D eigenvalue weighted by Crippen LogP contribution is 2.10. The number of likely N-dealkylation sites (tertiary alicyclic amines) is 1. The Balaban J connectivity index is 1.88. The summed E-state index contributed by atoms with van der Waals surface area (Å²) in [4.78, 5) is 9.64. The average Bonchev–Trinajstić information content (AvgIpc) is 3.16. The van der Waals surface area contributed by atoms with Crippen LogP contribution >= 0.6 is 0 Å². The van der Waals surface area contributed by atoms with Gasteiger partial charge in [-0.2, -0.15) is 0 Å². The van der Waals surface area contributed by atoms with Gasteiger partial charge >= 0.3 is 0 Å². The Bertz CT molecular complexity index is 487. The highest BCUT2D eigenvalue weighted by molar-refractivity contribution is 5.79. The van der Waals surface area contributed by atoms with E-state index < -0.39 is 0 Å². The highest BCUT2D eigenvalue weighted by Gasteiger charge is 2.15. The largest absolute Gasteiger partial charge is 0.357 e. The van der Waals surface area contributed by atoms with Crippen LogP contribution in [0, 0.1) is 5.92 Å². The molecule has 0 spiro atoms. The molecule has 1 aliphatic rings. The molecule has 0 amide bonds. The van der Waals surface area contributed by atoms with E-state index >= 15 is 0 Å². The van der Waals surface area contributed by atoms with Crippen LogP contribution in [-0.4, -0.2) is 60.1 Å². The fraction of sp³-hybridized carbons (Fsp3) is 0.722. The lowest BCUT2D eigenvalue weighted by molar-refractivity contribution is 0.291. The SMILES string of the molecule is CCNC(=NCC(C)CN1CCCC1)N(C)Cc1cccn1C. The van der Waals surface area contributed by atoms with Crippen molar-refractivity contribution in [3.8, 4) is 0 Å². The van der Waals surface area contributed by atoms with Crippen molar-refractivity contribution in [2.24, 2.45) is 18.0 Å². The Morgan fingerprint density at radius 2 is 2.13 bits per heavy atom. The van der Waals surface area contributed by atoms with Crippen molar-refractivity contribution < 1.29 is 0 Å². The average molecular weight is 319 g/mol. The van der Waals surface area contributed by atoms with E-state index in [0.29, 0.717) is 5.92 Å². The third-order valence-electron chi connectivity index (χ3n) is 4.47. The third-order valence-corrected chi connectivity index (χ3v) is 4.47. The van der Waals surface area contributed by atoms with Crippen LogP contribution in [0.4, 0.5) is 0 Å². The van der Waals surface area contributed by atoms with Crippen molar-refractivity contribution in [2.75, 3.05) is 39.8 Å². The van der Waals surface area contributed by atoms with Gasteiger partial charge in [-0.15, -0.1) is 0 Å². The predicted molar refractivity (Wildman–Crippen MR) is 97.7 cm³/mol. The van der Waals surface area contributed by atoms with Gasteiger partial charge in [0.2, 0.25) is 0 Å². The molecule has 1 fully saturated rings. The van der Waals surface area contributed by atoms with Gasteiger partial charge in [-0.25, -0.2) is 0 Å². The zero-order valence-corrected chi connectivity index (χ0v) is 15.3. The van der Waals surface area contributed by atoms with E-state index in [0.717, 1.165) is 25.6 Å². The molecular weight excluding hydrogens is 286 g/mol. The van der Waals surface area contributed by atoms with Crippen LogP contribution in [0.2, 0.25) is 0 Å². The van der Waals surface area contributed by atoms with Crippen molar-refractivity contribution in [1.82, 2.24) is 19.7 Å². The summed E-state index contributed by atoms with van der Waals surface area (Å²) in [5.74, 6) is 1.60. The van der Waals surface area contributed by atoms with Crippen molar-refractivity contribution in [2.45, 2.75) is 33.2 Å². The second-order valence-electron chi connectivity index (χ2n) is 6.77. The molecule has 1 unspecified atom stereocenters. The molecule has 5 nitrogen and oxygen atoms in total. The van der Waals surface area contributed by atoms with Crippen LogP contribution in [0.1, 0.15) is 32.4 Å². The van der Waals surface area contributed by atoms with E-state index in [2.05, 4.69) is 66.0 Å². The van der Waals surface area contributed by atoms with Crippen LogP contribution in [0.25, 0.3) is 0 Å². The topological polar surface area (TPSA) is 35.8 Å². The number of aromatic nitrogens is 1. The molecule has 0 aliphatic carbocycles. The number of guanidine groups is 1. The van der Waals surface area contributed by atoms with Gasteiger partial charge in [-0.05, 0) is 50.9 Å². The standard InChI is InChI=1S/C18H33N5/c1-5-19-18(22(4)15-17-9-8-10-21(17)3)20-13-16(2)14-23-11-6-7-12-23/h8-10,16H,5-7,11-15H2,1-4H3,(H,19,20). The molecule has 1 aliphatic heterocycles. The molecule has 0 radical (unpaired) electrons. The number of rotatable bonds is 7. The molecule has 0 saturated carbocycles. The van der Waals surface area contributed by atoms with Gasteiger partial charge in [0, 0.05) is 45.6 Å². The summed E-state index contributed by atoms with van der Waals surface area (Å²) in [6, 6.07) is 4.25. The molecular formula is C18H33N5. The van der Waals surface area contributed by atoms with E-state index in [1.807, 2.05) is 0 Å². The van der Waals surface area contributed by atoms with E-state index in [4.69, 9.17) is 4.99 Å². The van der Waals surface area contributed by atoms with E-state index in [9.17, 15) is 0 Å². The lowest BCUT2D eigenvalue weighted by Gasteiger charge is -2.24. The van der Waals surface area contributed by atoms with Crippen molar-refractivity contribution in [1.29, 1.82) is 0 Å². The monoisotopic (exact) mass is 319 g/mol. The number of aliphatic imine (C=N–C) groups is 1. The summed E-state index contributed by atoms with van der Waals surface area (Å²) in [7, 11) is 4.20. The molecule has 5 heteroatoms. The molecule has 2 heterocycles. The smallest absolute Gasteiger partial charge is 0.194 e. The Kier molecular flexibility index (Phi) is 6.96. The summed E-state index contributed by atoms with van der Waals surface area (Å²) in [6.07, 6.45) is 4.81. The summed E-state index contributed by atoms with van der Waals surface area (Å²) in [5, 5.41) is 3.42. The van der Waals surface area contributed by atoms with E-state index in [1.54, 1.807) is 0 Å². The molecule has 1 aromatic heterocycles. The summed E-state index contributed by atoms with van der Waals surface area (Å²) in [5.41, 5.74) is 1.29. The number of hydrogen-bond acceptors (Lipinski definition) is 2. The Labute approximate surface area is 141 Å². The van der Waals surface area contributed by atoms with Gasteiger partial charge in [0.05, 0.1) is 6.54 Å². The number of nitrogens with one attached hydrogen (secondary N) is 1. The zero-order valence-electron chi connectivity index (χ0n) is 15.3. The normalized spacial score (nSPS) is 17.5. The highest BCUT2D eigenvalue weighted by atomic mass is 15.3. The van der Waals surface area contributed by atoms with Gasteiger partial charge in [-0.1, -0.05) is 6.92 Å². The first-order valence-corrected chi connectivity index (χ1v) is 8.92. The number of aryl methyl sites for hydroxylation is 1. The van der Waals surface area contributed by atoms with Crippen LogP contribution in [0.3, 0.4) is 0 Å². The van der Waals surface area contributed by atoms with Crippen LogP contribution in [-0.2, 0) is 13.6 Å². The molecule has 1 atom stereocenters. The summed E-state index contributed by atoms with van der Waals surface area (Å²) >= 11 is 0. The van der Waals surface area contributed by atoms with Gasteiger partial charge in [0.15, 0.2) is 5.96 Å². The molecule has 2 rings (SSSR count). The second-order valence-corrected chi connectivity index (χ2v) is 6.77. The Morgan fingerprint density at radius 3 is 2.74 bits per heavy atom. The molecule has 0 aromatic carbocycles. The van der Waals surface area contributed by atoms with Crippen LogP contribution in [0.5, 0.6) is 0 Å². The van der Waals surface area contributed by atoms with Crippen LogP contribution < -0.4 is 5.32 Å². The lowest BCUT2D eigenvalue weighted by Crippen LogP contribution is -2.39. The second kappa shape index (κ2) is 8.96. The summed E-state index contributed by atoms with van der Waals surface area (Å²) < 4.78 is 2.16. The van der Waals surface area contributed by atoms with Gasteiger partial charge in [-0.3, -0.25) is 4.99 Å². The number of hydrogen-bond donors (Lipinski definition) is 1.